The number of para-hydroxylation sites is 2. The summed E-state index contributed by atoms with van der Waals surface area (Å²) in [5.74, 6) is 1.00. The lowest BCUT2D eigenvalue weighted by molar-refractivity contribution is 0.0778. The number of nitrogens with two attached hydrogens (primary N) is 1. The number of amidine groups is 1. The molecule has 2 aromatic rings. The monoisotopic (exact) mass is 322 g/mol. The van der Waals surface area contributed by atoms with E-state index in [4.69, 9.17) is 15.5 Å². The molecule has 0 aliphatic carbocycles. The molecule has 0 amide bonds. The summed E-state index contributed by atoms with van der Waals surface area (Å²) in [7, 11) is 0. The number of rotatable bonds is 2. The van der Waals surface area contributed by atoms with Crippen LogP contribution in [0.5, 0.6) is 0 Å². The Morgan fingerprint density at radius 3 is 2.46 bits per heavy atom. The van der Waals surface area contributed by atoms with Crippen LogP contribution in [0.1, 0.15) is 18.4 Å². The van der Waals surface area contributed by atoms with Crippen LogP contribution in [0.3, 0.4) is 0 Å². The lowest BCUT2D eigenvalue weighted by Crippen LogP contribution is -2.55. The highest BCUT2D eigenvalue weighted by atomic mass is 16.5. The first-order valence-electron chi connectivity index (χ1n) is 8.37. The van der Waals surface area contributed by atoms with Gasteiger partial charge in [-0.05, 0) is 29.8 Å². The minimum Gasteiger partial charge on any atom is -0.399 e. The van der Waals surface area contributed by atoms with E-state index in [2.05, 4.69) is 28.8 Å². The fraction of sp³-hybridized carbons (Fsp3) is 0.316. The third-order valence-corrected chi connectivity index (χ3v) is 4.75. The Kier molecular flexibility index (Phi) is 3.86. The van der Waals surface area contributed by atoms with Crippen molar-refractivity contribution in [2.75, 3.05) is 29.6 Å². The van der Waals surface area contributed by atoms with Crippen LogP contribution in [0.2, 0.25) is 0 Å². The van der Waals surface area contributed by atoms with Gasteiger partial charge in [-0.3, -0.25) is 4.99 Å². The molecule has 1 spiro atoms. The van der Waals surface area contributed by atoms with Crippen molar-refractivity contribution in [2.24, 2.45) is 4.99 Å². The Balaban J connectivity index is 1.65. The van der Waals surface area contributed by atoms with Crippen LogP contribution >= 0.6 is 0 Å². The first-order valence-corrected chi connectivity index (χ1v) is 8.37. The molecule has 2 heterocycles. The molecule has 1 fully saturated rings. The Hall–Kier alpha value is -2.53. The predicted molar refractivity (Wildman–Crippen MR) is 98.5 cm³/mol. The number of fused-ring (bicyclic) bond motifs is 1. The number of benzene rings is 2. The highest BCUT2D eigenvalue weighted by Gasteiger charge is 2.41. The fourth-order valence-electron chi connectivity index (χ4n) is 3.33. The molecule has 4 N–H and O–H groups in total. The average Bonchev–Trinajstić information content (AvgIpc) is 2.62. The number of nitrogen functional groups attached to an aromatic ring is 1. The number of nitrogens with one attached hydrogen (secondary N) is 2. The Bertz CT molecular complexity index is 748. The van der Waals surface area contributed by atoms with Gasteiger partial charge in [0, 0.05) is 31.7 Å². The third kappa shape index (κ3) is 2.83. The second-order valence-corrected chi connectivity index (χ2v) is 6.40. The summed E-state index contributed by atoms with van der Waals surface area (Å²) in [5.41, 5.74) is 9.73. The topological polar surface area (TPSA) is 71.7 Å². The van der Waals surface area contributed by atoms with Gasteiger partial charge >= 0.3 is 0 Å². The van der Waals surface area contributed by atoms with Crippen molar-refractivity contribution in [1.82, 2.24) is 0 Å². The minimum atomic E-state index is -0.166. The smallest absolute Gasteiger partial charge is 0.127 e. The van der Waals surface area contributed by atoms with Gasteiger partial charge in [0.1, 0.15) is 5.84 Å². The molecule has 24 heavy (non-hydrogen) atoms. The highest BCUT2D eigenvalue weighted by Crippen LogP contribution is 2.36. The summed E-state index contributed by atoms with van der Waals surface area (Å²) in [6.07, 6.45) is 1.82. The Morgan fingerprint density at radius 1 is 1.00 bits per heavy atom. The van der Waals surface area contributed by atoms with Crippen molar-refractivity contribution in [3.63, 3.8) is 0 Å². The summed E-state index contributed by atoms with van der Waals surface area (Å²) in [6.45, 7) is 2.13. The molecule has 0 radical (unpaired) electrons. The summed E-state index contributed by atoms with van der Waals surface area (Å²) in [6, 6.07) is 16.2. The van der Waals surface area contributed by atoms with Crippen LogP contribution < -0.4 is 16.4 Å². The van der Waals surface area contributed by atoms with Gasteiger partial charge in [-0.15, -0.1) is 0 Å². The molecule has 0 atom stereocenters. The van der Waals surface area contributed by atoms with E-state index in [1.165, 1.54) is 0 Å². The molecule has 2 aromatic carbocycles. The molecule has 124 valence electrons. The Labute approximate surface area is 141 Å². The van der Waals surface area contributed by atoms with Gasteiger partial charge in [0.05, 0.1) is 23.5 Å². The van der Waals surface area contributed by atoms with Crippen LogP contribution in [0, 0.1) is 0 Å². The molecule has 5 nitrogen and oxygen atoms in total. The van der Waals surface area contributed by atoms with Gasteiger partial charge < -0.3 is 21.1 Å². The van der Waals surface area contributed by atoms with E-state index in [1.54, 1.807) is 0 Å². The number of anilines is 3. The minimum absolute atomic E-state index is 0.166. The number of aliphatic imine (C=N–C) groups is 1. The lowest BCUT2D eigenvalue weighted by atomic mass is 9.86. The van der Waals surface area contributed by atoms with E-state index in [0.717, 1.165) is 54.5 Å². The van der Waals surface area contributed by atoms with Crippen molar-refractivity contribution in [3.05, 3.63) is 54.1 Å². The molecule has 2 aliphatic rings. The first kappa shape index (κ1) is 15.0. The molecule has 0 bridgehead atoms. The van der Waals surface area contributed by atoms with Crippen LogP contribution in [0.4, 0.5) is 17.1 Å². The molecule has 4 rings (SSSR count). The highest BCUT2D eigenvalue weighted by molar-refractivity contribution is 6.09. The van der Waals surface area contributed by atoms with Gasteiger partial charge in [0.25, 0.3) is 0 Å². The van der Waals surface area contributed by atoms with Gasteiger partial charge in [-0.25, -0.2) is 0 Å². The third-order valence-electron chi connectivity index (χ3n) is 4.75. The van der Waals surface area contributed by atoms with E-state index in [0.29, 0.717) is 6.54 Å². The second-order valence-electron chi connectivity index (χ2n) is 6.40. The Morgan fingerprint density at radius 2 is 1.71 bits per heavy atom. The van der Waals surface area contributed by atoms with Crippen molar-refractivity contribution in [3.8, 4) is 0 Å². The second kappa shape index (κ2) is 6.17. The molecule has 0 saturated carbocycles. The van der Waals surface area contributed by atoms with Crippen molar-refractivity contribution < 1.29 is 4.74 Å². The summed E-state index contributed by atoms with van der Waals surface area (Å²) in [4.78, 5) is 4.91. The molecule has 5 heteroatoms. The normalized spacial score (nSPS) is 20.2. The zero-order valence-corrected chi connectivity index (χ0v) is 13.6. The van der Waals surface area contributed by atoms with E-state index in [9.17, 15) is 0 Å². The molecule has 0 aromatic heterocycles. The van der Waals surface area contributed by atoms with Crippen LogP contribution in [0.15, 0.2) is 53.5 Å². The standard InChI is InChI=1S/C19H22N4O/c20-15-7-5-14(6-8-15)13-21-18-19(9-11-24-12-10-19)23-17-4-2-1-3-16(17)22-18/h1-8,23H,9-13,20H2,(H,21,22). The number of hydrogen-bond acceptors (Lipinski definition) is 4. The van der Waals surface area contributed by atoms with Crippen LogP contribution in [0.25, 0.3) is 0 Å². The zero-order valence-electron chi connectivity index (χ0n) is 13.6. The van der Waals surface area contributed by atoms with Crippen molar-refractivity contribution in [2.45, 2.75) is 24.9 Å². The first-order chi connectivity index (χ1) is 11.8. The summed E-state index contributed by atoms with van der Waals surface area (Å²) >= 11 is 0. The summed E-state index contributed by atoms with van der Waals surface area (Å²) < 4.78 is 5.57. The SMILES string of the molecule is Nc1ccc(CN=C2Nc3ccccc3NC23CCOCC3)cc1. The predicted octanol–water partition coefficient (Wildman–Crippen LogP) is 3.25. The molecule has 0 unspecified atom stereocenters. The van der Waals surface area contributed by atoms with Gasteiger partial charge in [-0.2, -0.15) is 0 Å². The molecule has 2 aliphatic heterocycles. The van der Waals surface area contributed by atoms with Gasteiger partial charge in [0.2, 0.25) is 0 Å². The van der Waals surface area contributed by atoms with Crippen LogP contribution in [-0.2, 0) is 11.3 Å². The maximum atomic E-state index is 5.76. The fourth-order valence-corrected chi connectivity index (χ4v) is 3.33. The molecular formula is C19H22N4O. The van der Waals surface area contributed by atoms with Gasteiger partial charge in [0.15, 0.2) is 0 Å². The van der Waals surface area contributed by atoms with Gasteiger partial charge in [-0.1, -0.05) is 24.3 Å². The number of ether oxygens (including phenoxy) is 1. The van der Waals surface area contributed by atoms with E-state index >= 15 is 0 Å². The quantitative estimate of drug-likeness (QED) is 0.742. The molecular weight excluding hydrogens is 300 g/mol. The lowest BCUT2D eigenvalue weighted by Gasteiger charge is -2.43. The zero-order chi connectivity index (χ0) is 16.4. The number of hydrogen-bond donors (Lipinski definition) is 3. The molecule has 1 saturated heterocycles. The maximum Gasteiger partial charge on any atom is 0.127 e. The van der Waals surface area contributed by atoms with Crippen molar-refractivity contribution in [1.29, 1.82) is 0 Å². The van der Waals surface area contributed by atoms with Crippen molar-refractivity contribution >= 4 is 22.9 Å². The average molecular weight is 322 g/mol. The maximum absolute atomic E-state index is 5.76. The van der Waals surface area contributed by atoms with E-state index in [1.807, 2.05) is 30.3 Å². The van der Waals surface area contributed by atoms with Crippen LogP contribution in [-0.4, -0.2) is 24.6 Å². The van der Waals surface area contributed by atoms with E-state index < -0.39 is 0 Å². The number of nitrogens with zero attached hydrogens (tertiary/aromatic N) is 1. The largest absolute Gasteiger partial charge is 0.399 e. The summed E-state index contributed by atoms with van der Waals surface area (Å²) in [5, 5.41) is 7.26. The van der Waals surface area contributed by atoms with E-state index in [-0.39, 0.29) is 5.54 Å².